The zero-order chi connectivity index (χ0) is 27.3. The summed E-state index contributed by atoms with van der Waals surface area (Å²) in [6.45, 7) is -2.76. The minimum atomic E-state index is -1.25. The van der Waals surface area contributed by atoms with Crippen molar-refractivity contribution in [1.29, 1.82) is 0 Å². The Hall–Kier alpha value is -3.89. The Labute approximate surface area is 205 Å². The molecule has 0 aromatic carbocycles. The number of nitrogens with zero attached hydrogens (tertiary/aromatic N) is 4. The first-order chi connectivity index (χ1) is 16.9. The van der Waals surface area contributed by atoms with Crippen LogP contribution >= 0.6 is 0 Å². The Morgan fingerprint density at radius 3 is 1.36 bits per heavy atom. The number of hydrogen-bond acceptors (Lipinski definition) is 10. The lowest BCUT2D eigenvalue weighted by Crippen LogP contribution is -2.47. The van der Waals surface area contributed by atoms with E-state index in [9.17, 15) is 33.6 Å². The van der Waals surface area contributed by atoms with Gasteiger partial charge in [0.25, 0.3) is 11.8 Å². The summed E-state index contributed by atoms with van der Waals surface area (Å²) in [5.74, 6) is -6.57. The molecule has 5 N–H and O–H groups in total. The maximum Gasteiger partial charge on any atom is 0.317 e. The van der Waals surface area contributed by atoms with Gasteiger partial charge < -0.3 is 25.7 Å². The molecule has 0 spiro atoms. The standard InChI is InChI=1S/C20H29N5O11/c26-14(21-3-4-25-15(27)1-2-16(25)28)9-22(5-7-23(10-17(29)30)11-18(31)32)6-8-24(12-19(33)34)13-20(35)36/h1-2H,3-13H2,(H,21,26)(H,29,30)(H,31,32)(H,33,34)(H,35,36). The molecule has 3 amide bonds. The summed E-state index contributed by atoms with van der Waals surface area (Å²) >= 11 is 0. The van der Waals surface area contributed by atoms with Crippen LogP contribution in [0.4, 0.5) is 0 Å². The second kappa shape index (κ2) is 15.2. The highest BCUT2D eigenvalue weighted by Gasteiger charge is 2.23. The molecular formula is C20H29N5O11. The Balaban J connectivity index is 2.77. The lowest BCUT2D eigenvalue weighted by atomic mass is 10.3. The van der Waals surface area contributed by atoms with Gasteiger partial charge in [0.05, 0.1) is 32.7 Å². The third kappa shape index (κ3) is 12.5. The maximum atomic E-state index is 12.4. The maximum absolute atomic E-state index is 12.4. The molecule has 0 aromatic heterocycles. The Morgan fingerprint density at radius 1 is 0.639 bits per heavy atom. The molecular weight excluding hydrogens is 486 g/mol. The van der Waals surface area contributed by atoms with Crippen LogP contribution in [0.25, 0.3) is 0 Å². The average molecular weight is 515 g/mol. The van der Waals surface area contributed by atoms with Crippen molar-refractivity contribution in [1.82, 2.24) is 24.9 Å². The highest BCUT2D eigenvalue weighted by atomic mass is 16.4. The van der Waals surface area contributed by atoms with Crippen LogP contribution < -0.4 is 5.32 Å². The fourth-order valence-corrected chi connectivity index (χ4v) is 3.25. The van der Waals surface area contributed by atoms with E-state index in [1.807, 2.05) is 0 Å². The molecule has 1 aliphatic rings. The van der Waals surface area contributed by atoms with Crippen molar-refractivity contribution in [3.8, 4) is 0 Å². The van der Waals surface area contributed by atoms with Gasteiger partial charge in [-0.25, -0.2) is 0 Å². The molecule has 0 radical (unpaired) electrons. The number of amides is 3. The first-order valence-corrected chi connectivity index (χ1v) is 10.7. The number of carboxylic acids is 4. The number of nitrogens with one attached hydrogen (secondary N) is 1. The number of carbonyl (C=O) groups is 7. The summed E-state index contributed by atoms with van der Waals surface area (Å²) in [6, 6.07) is 0. The quantitative estimate of drug-likeness (QED) is 0.104. The van der Waals surface area contributed by atoms with E-state index in [1.165, 1.54) is 4.90 Å². The molecule has 200 valence electrons. The minimum absolute atomic E-state index is 0.00891. The van der Waals surface area contributed by atoms with Gasteiger partial charge in [-0.15, -0.1) is 0 Å². The van der Waals surface area contributed by atoms with Gasteiger partial charge in [-0.3, -0.25) is 53.2 Å². The monoisotopic (exact) mass is 515 g/mol. The van der Waals surface area contributed by atoms with E-state index in [0.717, 1.165) is 26.9 Å². The van der Waals surface area contributed by atoms with Gasteiger partial charge in [0.15, 0.2) is 0 Å². The van der Waals surface area contributed by atoms with Crippen LogP contribution in [0.2, 0.25) is 0 Å². The molecule has 16 nitrogen and oxygen atoms in total. The number of aliphatic carboxylic acids is 4. The fraction of sp³-hybridized carbons (Fsp3) is 0.550. The number of imide groups is 1. The van der Waals surface area contributed by atoms with E-state index in [-0.39, 0.29) is 45.8 Å². The lowest BCUT2D eigenvalue weighted by Gasteiger charge is -2.28. The van der Waals surface area contributed by atoms with Crippen molar-refractivity contribution in [3.63, 3.8) is 0 Å². The van der Waals surface area contributed by atoms with Crippen LogP contribution in [-0.2, 0) is 33.6 Å². The normalized spacial score (nSPS) is 13.1. The van der Waals surface area contributed by atoms with E-state index in [1.54, 1.807) is 0 Å². The van der Waals surface area contributed by atoms with Gasteiger partial charge in [0.2, 0.25) is 5.91 Å². The van der Waals surface area contributed by atoms with E-state index < -0.39 is 67.8 Å². The molecule has 0 fully saturated rings. The molecule has 0 aromatic rings. The third-order valence-electron chi connectivity index (χ3n) is 4.83. The number of carboxylic acid groups (broad SMARTS) is 4. The smallest absolute Gasteiger partial charge is 0.317 e. The predicted octanol–water partition coefficient (Wildman–Crippen LogP) is -3.73. The topological polar surface area (TPSA) is 225 Å². The van der Waals surface area contributed by atoms with Crippen molar-refractivity contribution in [3.05, 3.63) is 12.2 Å². The van der Waals surface area contributed by atoms with Crippen LogP contribution in [0.3, 0.4) is 0 Å². The SMILES string of the molecule is O=C(O)CN(CCN(CCN(CC(=O)O)CC(=O)O)CC(=O)NCCN1C(=O)C=CC1=O)CC(=O)O. The van der Waals surface area contributed by atoms with E-state index in [4.69, 9.17) is 20.4 Å². The van der Waals surface area contributed by atoms with Gasteiger partial charge in [-0.1, -0.05) is 0 Å². The highest BCUT2D eigenvalue weighted by Crippen LogP contribution is 2.02. The van der Waals surface area contributed by atoms with Crippen LogP contribution in [0.1, 0.15) is 0 Å². The molecule has 0 aliphatic carbocycles. The second-order valence-electron chi connectivity index (χ2n) is 7.78. The van der Waals surface area contributed by atoms with Crippen molar-refractivity contribution in [2.45, 2.75) is 0 Å². The van der Waals surface area contributed by atoms with Crippen molar-refractivity contribution >= 4 is 41.6 Å². The summed E-state index contributed by atoms with van der Waals surface area (Å²) in [7, 11) is 0. The zero-order valence-corrected chi connectivity index (χ0v) is 19.4. The molecule has 0 saturated heterocycles. The summed E-state index contributed by atoms with van der Waals surface area (Å²) in [6.07, 6.45) is 2.21. The van der Waals surface area contributed by atoms with Gasteiger partial charge in [0, 0.05) is 51.4 Å². The molecule has 1 rings (SSSR count). The average Bonchev–Trinajstić information content (AvgIpc) is 3.05. The molecule has 1 aliphatic heterocycles. The van der Waals surface area contributed by atoms with Crippen LogP contribution in [0, 0.1) is 0 Å². The Morgan fingerprint density at radius 2 is 1.00 bits per heavy atom. The number of rotatable bonds is 19. The molecule has 0 saturated carbocycles. The molecule has 0 unspecified atom stereocenters. The largest absolute Gasteiger partial charge is 0.480 e. The molecule has 1 heterocycles. The highest BCUT2D eigenvalue weighted by molar-refractivity contribution is 6.12. The molecule has 0 atom stereocenters. The number of hydrogen-bond donors (Lipinski definition) is 5. The van der Waals surface area contributed by atoms with Gasteiger partial charge in [-0.05, 0) is 0 Å². The van der Waals surface area contributed by atoms with Gasteiger partial charge in [-0.2, -0.15) is 0 Å². The number of carbonyl (C=O) groups excluding carboxylic acids is 3. The van der Waals surface area contributed by atoms with Crippen molar-refractivity contribution in [2.75, 3.05) is 72.0 Å². The predicted molar refractivity (Wildman–Crippen MR) is 119 cm³/mol. The summed E-state index contributed by atoms with van der Waals surface area (Å²) in [4.78, 5) is 84.3. The summed E-state index contributed by atoms with van der Waals surface area (Å²) in [5.41, 5.74) is 0. The van der Waals surface area contributed by atoms with Crippen LogP contribution in [-0.4, -0.2) is 154 Å². The molecule has 0 bridgehead atoms. The Kier molecular flexibility index (Phi) is 12.7. The third-order valence-corrected chi connectivity index (χ3v) is 4.83. The first kappa shape index (κ1) is 30.1. The molecule has 16 heteroatoms. The Bertz CT molecular complexity index is 801. The minimum Gasteiger partial charge on any atom is -0.480 e. The second-order valence-corrected chi connectivity index (χ2v) is 7.78. The summed E-state index contributed by atoms with van der Waals surface area (Å²) < 4.78 is 0. The van der Waals surface area contributed by atoms with Crippen LogP contribution in [0.15, 0.2) is 12.2 Å². The van der Waals surface area contributed by atoms with E-state index in [2.05, 4.69) is 5.32 Å². The van der Waals surface area contributed by atoms with E-state index >= 15 is 0 Å². The first-order valence-electron chi connectivity index (χ1n) is 10.7. The van der Waals surface area contributed by atoms with E-state index in [0.29, 0.717) is 0 Å². The van der Waals surface area contributed by atoms with Gasteiger partial charge in [0.1, 0.15) is 0 Å². The van der Waals surface area contributed by atoms with Gasteiger partial charge >= 0.3 is 23.9 Å². The van der Waals surface area contributed by atoms with Crippen LogP contribution in [0.5, 0.6) is 0 Å². The fourth-order valence-electron chi connectivity index (χ4n) is 3.25. The molecule has 36 heavy (non-hydrogen) atoms. The lowest BCUT2D eigenvalue weighted by molar-refractivity contribution is -0.143. The van der Waals surface area contributed by atoms with Crippen molar-refractivity contribution in [2.24, 2.45) is 0 Å². The van der Waals surface area contributed by atoms with Crippen molar-refractivity contribution < 1.29 is 54.0 Å². The summed E-state index contributed by atoms with van der Waals surface area (Å²) in [5, 5.41) is 38.5. The zero-order valence-electron chi connectivity index (χ0n) is 19.4.